The molecule has 0 aliphatic rings. The molecule has 0 aliphatic heterocycles. The molecule has 78 valence electrons. The van der Waals surface area contributed by atoms with E-state index in [9.17, 15) is 5.11 Å². The van der Waals surface area contributed by atoms with Crippen LogP contribution < -0.4 is 5.73 Å². The van der Waals surface area contributed by atoms with E-state index in [1.165, 1.54) is 16.8 Å². The lowest BCUT2D eigenvalue weighted by Crippen LogP contribution is -1.98. The number of nitrogens with two attached hydrogens (primary N) is 1. The molecule has 5 heteroatoms. The Kier molecular flexibility index (Phi) is 2.00. The van der Waals surface area contributed by atoms with Gasteiger partial charge in [-0.05, 0) is 12.1 Å². The second-order valence-electron chi connectivity index (χ2n) is 3.27. The minimum absolute atomic E-state index is 0.0127. The lowest BCUT2D eigenvalue weighted by molar-refractivity contribution is 0.452. The summed E-state index contributed by atoms with van der Waals surface area (Å²) in [7, 11) is 1.72. The summed E-state index contributed by atoms with van der Waals surface area (Å²) in [6.07, 6.45) is 1.57. The number of phenols is 2. The van der Waals surface area contributed by atoms with E-state index >= 15 is 0 Å². The van der Waals surface area contributed by atoms with E-state index in [1.807, 2.05) is 0 Å². The summed E-state index contributed by atoms with van der Waals surface area (Å²) in [5, 5.41) is 22.7. The Morgan fingerprint density at radius 1 is 1.27 bits per heavy atom. The van der Waals surface area contributed by atoms with Gasteiger partial charge in [0.2, 0.25) is 0 Å². The zero-order chi connectivity index (χ0) is 11.0. The molecule has 0 spiro atoms. The second-order valence-corrected chi connectivity index (χ2v) is 3.27. The molecule has 0 saturated carbocycles. The molecule has 0 atom stereocenters. The highest BCUT2D eigenvalue weighted by molar-refractivity contribution is 5.78. The minimum atomic E-state index is -0.0188. The van der Waals surface area contributed by atoms with Gasteiger partial charge in [-0.1, -0.05) is 0 Å². The molecule has 0 aliphatic carbocycles. The molecule has 2 rings (SSSR count). The number of aromatic hydroxyl groups is 2. The summed E-state index contributed by atoms with van der Waals surface area (Å²) in [5.74, 6) is 0.462. The fourth-order valence-electron chi connectivity index (χ4n) is 1.40. The highest BCUT2D eigenvalue weighted by Crippen LogP contribution is 2.34. The van der Waals surface area contributed by atoms with Gasteiger partial charge in [0.05, 0.1) is 6.20 Å². The van der Waals surface area contributed by atoms with E-state index in [4.69, 9.17) is 10.8 Å². The first kappa shape index (κ1) is 9.39. The van der Waals surface area contributed by atoms with Crippen LogP contribution in [0.25, 0.3) is 11.1 Å². The quantitative estimate of drug-likeness (QED) is 0.650. The first-order chi connectivity index (χ1) is 7.09. The molecule has 5 nitrogen and oxygen atoms in total. The van der Waals surface area contributed by atoms with Crippen LogP contribution in [0, 0.1) is 0 Å². The van der Waals surface area contributed by atoms with Crippen LogP contribution in [0.5, 0.6) is 11.5 Å². The second kappa shape index (κ2) is 3.20. The van der Waals surface area contributed by atoms with Gasteiger partial charge in [-0.2, -0.15) is 5.10 Å². The maximum atomic E-state index is 9.63. The first-order valence-corrected chi connectivity index (χ1v) is 4.39. The van der Waals surface area contributed by atoms with Crippen LogP contribution >= 0.6 is 0 Å². The van der Waals surface area contributed by atoms with E-state index in [1.54, 1.807) is 19.3 Å². The monoisotopic (exact) mass is 205 g/mol. The van der Waals surface area contributed by atoms with Crippen molar-refractivity contribution >= 4 is 5.82 Å². The average Bonchev–Trinajstić information content (AvgIpc) is 2.49. The van der Waals surface area contributed by atoms with Gasteiger partial charge in [0.15, 0.2) is 0 Å². The Balaban J connectivity index is 2.59. The van der Waals surface area contributed by atoms with Gasteiger partial charge in [0.25, 0.3) is 0 Å². The zero-order valence-electron chi connectivity index (χ0n) is 8.18. The van der Waals surface area contributed by atoms with Crippen molar-refractivity contribution in [1.29, 1.82) is 0 Å². The summed E-state index contributed by atoms with van der Waals surface area (Å²) in [6.45, 7) is 0. The fraction of sp³-hybridized carbons (Fsp3) is 0.100. The summed E-state index contributed by atoms with van der Waals surface area (Å²) in [4.78, 5) is 0. The van der Waals surface area contributed by atoms with E-state index in [-0.39, 0.29) is 11.5 Å². The van der Waals surface area contributed by atoms with E-state index < -0.39 is 0 Å². The molecule has 0 bridgehead atoms. The van der Waals surface area contributed by atoms with Crippen LogP contribution in [0.15, 0.2) is 24.4 Å². The Morgan fingerprint density at radius 2 is 2.00 bits per heavy atom. The van der Waals surface area contributed by atoms with Gasteiger partial charge in [-0.25, -0.2) is 0 Å². The van der Waals surface area contributed by atoms with Gasteiger partial charge in [-0.15, -0.1) is 0 Å². The molecular formula is C10H11N3O2. The number of nitrogen functional groups attached to an aromatic ring is 1. The number of hydrogen-bond acceptors (Lipinski definition) is 4. The van der Waals surface area contributed by atoms with Crippen LogP contribution in [-0.4, -0.2) is 20.0 Å². The number of phenolic OH excluding ortho intramolecular Hbond substituents is 2. The van der Waals surface area contributed by atoms with Crippen molar-refractivity contribution in [1.82, 2.24) is 9.78 Å². The minimum Gasteiger partial charge on any atom is -0.508 e. The molecule has 0 unspecified atom stereocenters. The molecule has 1 aromatic heterocycles. The van der Waals surface area contributed by atoms with Gasteiger partial charge < -0.3 is 15.9 Å². The largest absolute Gasteiger partial charge is 0.508 e. The van der Waals surface area contributed by atoms with E-state index in [0.29, 0.717) is 16.9 Å². The maximum absolute atomic E-state index is 9.63. The summed E-state index contributed by atoms with van der Waals surface area (Å²) < 4.78 is 1.52. The van der Waals surface area contributed by atoms with Crippen LogP contribution in [0.2, 0.25) is 0 Å². The number of hydrogen-bond donors (Lipinski definition) is 3. The van der Waals surface area contributed by atoms with Crippen LogP contribution in [0.3, 0.4) is 0 Å². The van der Waals surface area contributed by atoms with E-state index in [2.05, 4.69) is 5.10 Å². The van der Waals surface area contributed by atoms with Crippen LogP contribution in [0.4, 0.5) is 5.82 Å². The molecule has 0 fully saturated rings. The highest BCUT2D eigenvalue weighted by Gasteiger charge is 2.11. The van der Waals surface area contributed by atoms with Crippen molar-refractivity contribution < 1.29 is 10.2 Å². The molecule has 1 aromatic carbocycles. The number of benzene rings is 1. The number of rotatable bonds is 1. The lowest BCUT2D eigenvalue weighted by atomic mass is 10.1. The lowest BCUT2D eigenvalue weighted by Gasteiger charge is -2.04. The fourth-order valence-corrected chi connectivity index (χ4v) is 1.40. The summed E-state index contributed by atoms with van der Waals surface area (Å²) >= 11 is 0. The molecule has 0 saturated heterocycles. The predicted octanol–water partition coefficient (Wildman–Crippen LogP) is 1.08. The van der Waals surface area contributed by atoms with Gasteiger partial charge in [0.1, 0.15) is 17.3 Å². The smallest absolute Gasteiger partial charge is 0.129 e. The Morgan fingerprint density at radius 3 is 2.53 bits per heavy atom. The molecule has 0 amide bonds. The Bertz CT molecular complexity index is 505. The Labute approximate surface area is 86.4 Å². The van der Waals surface area contributed by atoms with Crippen molar-refractivity contribution in [2.24, 2.45) is 7.05 Å². The molecule has 2 aromatic rings. The van der Waals surface area contributed by atoms with Gasteiger partial charge >= 0.3 is 0 Å². The standard InChI is InChI=1S/C10H11N3O2/c1-13-10(11)8(5-12-13)7-3-2-6(14)4-9(7)15/h2-5,14-15H,11H2,1H3. The van der Waals surface area contributed by atoms with Crippen molar-refractivity contribution in [3.63, 3.8) is 0 Å². The zero-order valence-corrected chi connectivity index (χ0v) is 8.18. The SMILES string of the molecule is Cn1ncc(-c2ccc(O)cc2O)c1N. The highest BCUT2D eigenvalue weighted by atomic mass is 16.3. The average molecular weight is 205 g/mol. The molecule has 0 radical (unpaired) electrons. The third-order valence-electron chi connectivity index (χ3n) is 2.26. The number of aryl methyl sites for hydroxylation is 1. The molecule has 4 N–H and O–H groups in total. The van der Waals surface area contributed by atoms with E-state index in [0.717, 1.165) is 0 Å². The van der Waals surface area contributed by atoms with Crippen molar-refractivity contribution in [2.75, 3.05) is 5.73 Å². The third-order valence-corrected chi connectivity index (χ3v) is 2.26. The van der Waals surface area contributed by atoms with Crippen molar-refractivity contribution in [3.05, 3.63) is 24.4 Å². The van der Waals surface area contributed by atoms with Crippen LogP contribution in [0.1, 0.15) is 0 Å². The first-order valence-electron chi connectivity index (χ1n) is 4.39. The number of nitrogens with zero attached hydrogens (tertiary/aromatic N) is 2. The van der Waals surface area contributed by atoms with Gasteiger partial charge in [-0.3, -0.25) is 4.68 Å². The van der Waals surface area contributed by atoms with Crippen molar-refractivity contribution in [2.45, 2.75) is 0 Å². The van der Waals surface area contributed by atoms with Crippen LogP contribution in [-0.2, 0) is 7.05 Å². The summed E-state index contributed by atoms with van der Waals surface area (Å²) in [5.41, 5.74) is 6.97. The number of anilines is 1. The molecule has 15 heavy (non-hydrogen) atoms. The normalized spacial score (nSPS) is 10.5. The maximum Gasteiger partial charge on any atom is 0.129 e. The van der Waals surface area contributed by atoms with Gasteiger partial charge in [0, 0.05) is 24.2 Å². The Hall–Kier alpha value is -2.17. The molecule has 1 heterocycles. The summed E-state index contributed by atoms with van der Waals surface area (Å²) in [6, 6.07) is 4.35. The topological polar surface area (TPSA) is 84.3 Å². The predicted molar refractivity (Wildman–Crippen MR) is 56.4 cm³/mol. The number of aromatic nitrogens is 2. The molecular weight excluding hydrogens is 194 g/mol. The van der Waals surface area contributed by atoms with Crippen molar-refractivity contribution in [3.8, 4) is 22.6 Å². The third kappa shape index (κ3) is 1.48.